The normalized spacial score (nSPS) is 27.7. The molecule has 0 aliphatic heterocycles. The highest BCUT2D eigenvalue weighted by atomic mass is 19.1. The minimum absolute atomic E-state index is 0.187. The van der Waals surface area contributed by atoms with E-state index in [0.29, 0.717) is 24.8 Å². The van der Waals surface area contributed by atoms with Crippen molar-refractivity contribution in [1.29, 1.82) is 0 Å². The number of amides is 1. The third-order valence-electron chi connectivity index (χ3n) is 3.97. The lowest BCUT2D eigenvalue weighted by atomic mass is 10.1. The first-order valence-corrected chi connectivity index (χ1v) is 6.38. The molecule has 2 aliphatic rings. The second-order valence-electron chi connectivity index (χ2n) is 5.19. The zero-order valence-electron chi connectivity index (χ0n) is 10.2. The Morgan fingerprint density at radius 1 is 1.32 bits per heavy atom. The van der Waals surface area contributed by atoms with Crippen LogP contribution in [0.25, 0.3) is 0 Å². The number of fused-ring (bicyclic) bond motifs is 1. The van der Waals surface area contributed by atoms with Crippen molar-refractivity contribution in [2.75, 3.05) is 0 Å². The van der Waals surface area contributed by atoms with Crippen molar-refractivity contribution in [3.05, 3.63) is 35.1 Å². The molecule has 2 aliphatic carbocycles. The summed E-state index contributed by atoms with van der Waals surface area (Å²) in [7, 11) is 0. The molecule has 19 heavy (non-hydrogen) atoms. The monoisotopic (exact) mass is 263 g/mol. The van der Waals surface area contributed by atoms with Crippen molar-refractivity contribution >= 4 is 11.9 Å². The molecule has 0 aromatic heterocycles. The summed E-state index contributed by atoms with van der Waals surface area (Å²) in [5.74, 6) is -2.35. The molecule has 0 radical (unpaired) electrons. The molecule has 100 valence electrons. The van der Waals surface area contributed by atoms with Crippen LogP contribution in [0.1, 0.15) is 30.0 Å². The Bertz CT molecular complexity index is 558. The standard InChI is InChI=1S/C14H14FNO3/c15-11-3-1-2-8-7(11)4-5-12(8)16-13(17)9-6-10(9)14(18)19/h1-3,9-10,12H,4-6H2,(H,16,17)(H,18,19). The Balaban J connectivity index is 1.69. The smallest absolute Gasteiger partial charge is 0.307 e. The number of hydrogen-bond donors (Lipinski definition) is 2. The van der Waals surface area contributed by atoms with Gasteiger partial charge in [0.1, 0.15) is 5.82 Å². The van der Waals surface area contributed by atoms with E-state index in [1.165, 1.54) is 6.07 Å². The van der Waals surface area contributed by atoms with Crippen LogP contribution in [-0.2, 0) is 16.0 Å². The van der Waals surface area contributed by atoms with Gasteiger partial charge in [0.2, 0.25) is 5.91 Å². The number of rotatable bonds is 3. The Hall–Kier alpha value is -1.91. The van der Waals surface area contributed by atoms with Gasteiger partial charge in [0.15, 0.2) is 0 Å². The molecule has 0 saturated heterocycles. The minimum Gasteiger partial charge on any atom is -0.481 e. The summed E-state index contributed by atoms with van der Waals surface area (Å²) >= 11 is 0. The number of carboxylic acid groups (broad SMARTS) is 1. The second kappa shape index (κ2) is 4.33. The summed E-state index contributed by atoms with van der Waals surface area (Å²) in [4.78, 5) is 22.6. The van der Waals surface area contributed by atoms with Crippen LogP contribution in [0, 0.1) is 17.7 Å². The first-order chi connectivity index (χ1) is 9.08. The fourth-order valence-corrected chi connectivity index (χ4v) is 2.80. The zero-order chi connectivity index (χ0) is 13.6. The maximum Gasteiger partial charge on any atom is 0.307 e. The Morgan fingerprint density at radius 3 is 2.79 bits per heavy atom. The van der Waals surface area contributed by atoms with Crippen molar-refractivity contribution in [3.8, 4) is 0 Å². The topological polar surface area (TPSA) is 66.4 Å². The zero-order valence-corrected chi connectivity index (χ0v) is 10.2. The highest BCUT2D eigenvalue weighted by Crippen LogP contribution is 2.40. The van der Waals surface area contributed by atoms with Gasteiger partial charge in [-0.05, 0) is 36.5 Å². The molecule has 3 rings (SSSR count). The molecule has 1 fully saturated rings. The van der Waals surface area contributed by atoms with E-state index in [9.17, 15) is 14.0 Å². The number of nitrogens with one attached hydrogen (secondary N) is 1. The Morgan fingerprint density at radius 2 is 2.11 bits per heavy atom. The molecular weight excluding hydrogens is 249 g/mol. The van der Waals surface area contributed by atoms with Crippen LogP contribution in [0.2, 0.25) is 0 Å². The molecule has 3 unspecified atom stereocenters. The molecule has 1 aromatic carbocycles. The van der Waals surface area contributed by atoms with E-state index >= 15 is 0 Å². The van der Waals surface area contributed by atoms with E-state index in [0.717, 1.165) is 5.56 Å². The molecule has 2 N–H and O–H groups in total. The molecule has 4 nitrogen and oxygen atoms in total. The van der Waals surface area contributed by atoms with Crippen LogP contribution in [0.5, 0.6) is 0 Å². The average Bonchev–Trinajstić information content (AvgIpc) is 3.08. The summed E-state index contributed by atoms with van der Waals surface area (Å²) in [6, 6.07) is 4.69. The lowest BCUT2D eigenvalue weighted by Crippen LogP contribution is -2.29. The molecule has 1 saturated carbocycles. The van der Waals surface area contributed by atoms with Crippen molar-refractivity contribution in [2.24, 2.45) is 11.8 Å². The molecular formula is C14H14FNO3. The molecule has 0 bridgehead atoms. The molecule has 0 heterocycles. The fourth-order valence-electron chi connectivity index (χ4n) is 2.80. The first-order valence-electron chi connectivity index (χ1n) is 6.38. The van der Waals surface area contributed by atoms with Gasteiger partial charge in [-0.3, -0.25) is 9.59 Å². The number of carbonyl (C=O) groups is 2. The van der Waals surface area contributed by atoms with Crippen LogP contribution < -0.4 is 5.32 Å². The fraction of sp³-hybridized carbons (Fsp3) is 0.429. The second-order valence-corrected chi connectivity index (χ2v) is 5.19. The van der Waals surface area contributed by atoms with E-state index < -0.39 is 17.8 Å². The third-order valence-corrected chi connectivity index (χ3v) is 3.97. The summed E-state index contributed by atoms with van der Waals surface area (Å²) in [6.07, 6.45) is 1.69. The van der Waals surface area contributed by atoms with Crippen molar-refractivity contribution in [3.63, 3.8) is 0 Å². The van der Waals surface area contributed by atoms with Crippen LogP contribution in [-0.4, -0.2) is 17.0 Å². The molecule has 3 atom stereocenters. The minimum atomic E-state index is -0.919. The Labute approximate surface area is 109 Å². The van der Waals surface area contributed by atoms with Gasteiger partial charge in [-0.25, -0.2) is 4.39 Å². The van der Waals surface area contributed by atoms with Crippen molar-refractivity contribution in [1.82, 2.24) is 5.32 Å². The van der Waals surface area contributed by atoms with Gasteiger partial charge in [0.25, 0.3) is 0 Å². The van der Waals surface area contributed by atoms with Crippen LogP contribution in [0.3, 0.4) is 0 Å². The lowest BCUT2D eigenvalue weighted by Gasteiger charge is -2.14. The van der Waals surface area contributed by atoms with E-state index in [4.69, 9.17) is 5.11 Å². The summed E-state index contributed by atoms with van der Waals surface area (Å²) < 4.78 is 13.5. The molecule has 1 aromatic rings. The van der Waals surface area contributed by atoms with Crippen LogP contribution >= 0.6 is 0 Å². The highest BCUT2D eigenvalue weighted by Gasteiger charge is 2.48. The number of hydrogen-bond acceptors (Lipinski definition) is 2. The summed E-state index contributed by atoms with van der Waals surface area (Å²) in [6.45, 7) is 0. The Kier molecular flexibility index (Phi) is 2.77. The van der Waals surface area contributed by atoms with Crippen molar-refractivity contribution in [2.45, 2.75) is 25.3 Å². The quantitative estimate of drug-likeness (QED) is 0.871. The predicted molar refractivity (Wildman–Crippen MR) is 64.8 cm³/mol. The lowest BCUT2D eigenvalue weighted by molar-refractivity contribution is -0.140. The number of carbonyl (C=O) groups excluding carboxylic acids is 1. The predicted octanol–water partition coefficient (Wildman–Crippen LogP) is 1.65. The van der Waals surface area contributed by atoms with Crippen LogP contribution in [0.15, 0.2) is 18.2 Å². The number of benzene rings is 1. The number of halogens is 1. The van der Waals surface area contributed by atoms with E-state index in [-0.39, 0.29) is 17.8 Å². The summed E-state index contributed by atoms with van der Waals surface area (Å²) in [5, 5.41) is 11.6. The number of aliphatic carboxylic acids is 1. The largest absolute Gasteiger partial charge is 0.481 e. The number of carboxylic acids is 1. The SMILES string of the molecule is O=C(O)C1CC1C(=O)NC1CCc2c(F)cccc21. The average molecular weight is 263 g/mol. The van der Waals surface area contributed by atoms with Gasteiger partial charge in [-0.15, -0.1) is 0 Å². The van der Waals surface area contributed by atoms with Gasteiger partial charge in [-0.2, -0.15) is 0 Å². The third kappa shape index (κ3) is 2.09. The van der Waals surface area contributed by atoms with Crippen LogP contribution in [0.4, 0.5) is 4.39 Å². The van der Waals surface area contributed by atoms with Gasteiger partial charge in [0.05, 0.1) is 17.9 Å². The van der Waals surface area contributed by atoms with Gasteiger partial charge in [-0.1, -0.05) is 12.1 Å². The highest BCUT2D eigenvalue weighted by molar-refractivity contribution is 5.89. The van der Waals surface area contributed by atoms with Gasteiger partial charge in [0, 0.05) is 0 Å². The summed E-state index contributed by atoms with van der Waals surface area (Å²) in [5.41, 5.74) is 1.49. The molecule has 1 amide bonds. The van der Waals surface area contributed by atoms with Crippen molar-refractivity contribution < 1.29 is 19.1 Å². The first kappa shape index (κ1) is 12.1. The maximum atomic E-state index is 13.5. The molecule has 5 heteroatoms. The molecule has 0 spiro atoms. The maximum absolute atomic E-state index is 13.5. The van der Waals surface area contributed by atoms with E-state index in [2.05, 4.69) is 5.32 Å². The van der Waals surface area contributed by atoms with E-state index in [1.54, 1.807) is 6.07 Å². The van der Waals surface area contributed by atoms with E-state index in [1.807, 2.05) is 6.07 Å². The van der Waals surface area contributed by atoms with Gasteiger partial charge < -0.3 is 10.4 Å². The van der Waals surface area contributed by atoms with Gasteiger partial charge >= 0.3 is 5.97 Å².